The number of carbonyl (C=O) groups is 2. The minimum absolute atomic E-state index is 0.0724. The zero-order chi connectivity index (χ0) is 19.8. The number of carboxylic acid groups (broad SMARTS) is 1. The average Bonchev–Trinajstić information content (AvgIpc) is 3.15. The molecule has 0 fully saturated rings. The van der Waals surface area contributed by atoms with Gasteiger partial charge in [0.1, 0.15) is 0 Å². The lowest BCUT2D eigenvalue weighted by Gasteiger charge is -2.18. The van der Waals surface area contributed by atoms with Crippen molar-refractivity contribution < 1.29 is 14.7 Å². The fraction of sp³-hybridized carbons (Fsp3) is 0.190. The molecule has 0 bridgehead atoms. The lowest BCUT2D eigenvalue weighted by molar-refractivity contribution is -0.136. The second-order valence-electron chi connectivity index (χ2n) is 6.14. The van der Waals surface area contributed by atoms with E-state index in [0.717, 1.165) is 11.1 Å². The molecule has 0 aliphatic heterocycles. The number of thioether (sulfide) groups is 1. The molecular formula is C21H20N2O3S2. The Labute approximate surface area is 171 Å². The summed E-state index contributed by atoms with van der Waals surface area (Å²) in [7, 11) is 0. The van der Waals surface area contributed by atoms with Crippen LogP contribution in [-0.4, -0.2) is 34.3 Å². The van der Waals surface area contributed by atoms with Crippen molar-refractivity contribution in [3.8, 4) is 0 Å². The molecule has 1 heterocycles. The zero-order valence-electron chi connectivity index (χ0n) is 15.1. The smallest absolute Gasteiger partial charge is 0.309 e. The van der Waals surface area contributed by atoms with Gasteiger partial charge in [-0.3, -0.25) is 9.59 Å². The van der Waals surface area contributed by atoms with Gasteiger partial charge >= 0.3 is 5.97 Å². The van der Waals surface area contributed by atoms with Crippen molar-refractivity contribution in [2.24, 2.45) is 0 Å². The van der Waals surface area contributed by atoms with Crippen LogP contribution in [0.25, 0.3) is 0 Å². The number of thiazole rings is 1. The number of amides is 1. The van der Waals surface area contributed by atoms with Crippen molar-refractivity contribution in [1.29, 1.82) is 0 Å². The Morgan fingerprint density at radius 1 is 1.04 bits per heavy atom. The Hall–Kier alpha value is -2.64. The molecule has 3 aromatic rings. The largest absolute Gasteiger partial charge is 0.481 e. The van der Waals surface area contributed by atoms with Crippen molar-refractivity contribution in [2.75, 3.05) is 12.3 Å². The first-order valence-electron chi connectivity index (χ1n) is 8.77. The van der Waals surface area contributed by atoms with Gasteiger partial charge in [0.05, 0.1) is 17.9 Å². The van der Waals surface area contributed by atoms with Gasteiger partial charge in [0.25, 0.3) is 0 Å². The molecule has 0 saturated carbocycles. The maximum absolute atomic E-state index is 12.3. The number of carbonyl (C=O) groups excluding carboxylic acids is 1. The third-order valence-electron chi connectivity index (χ3n) is 4.10. The predicted octanol–water partition coefficient (Wildman–Crippen LogP) is 3.81. The first-order chi connectivity index (χ1) is 13.6. The summed E-state index contributed by atoms with van der Waals surface area (Å²) < 4.78 is 0.703. The van der Waals surface area contributed by atoms with Crippen molar-refractivity contribution in [2.45, 2.75) is 16.7 Å². The highest BCUT2D eigenvalue weighted by Gasteiger charge is 2.15. The average molecular weight is 413 g/mol. The molecule has 5 nitrogen and oxygen atoms in total. The van der Waals surface area contributed by atoms with Gasteiger partial charge in [-0.05, 0) is 11.1 Å². The molecule has 0 radical (unpaired) electrons. The minimum atomic E-state index is -0.910. The van der Waals surface area contributed by atoms with Gasteiger partial charge < -0.3 is 10.4 Å². The van der Waals surface area contributed by atoms with Gasteiger partial charge in [0.15, 0.2) is 4.34 Å². The molecule has 1 amide bonds. The number of rotatable bonds is 9. The van der Waals surface area contributed by atoms with Crippen LogP contribution in [-0.2, 0) is 16.0 Å². The Morgan fingerprint density at radius 2 is 1.64 bits per heavy atom. The highest BCUT2D eigenvalue weighted by atomic mass is 32.2. The fourth-order valence-corrected chi connectivity index (χ4v) is 4.46. The van der Waals surface area contributed by atoms with Crippen LogP contribution in [0, 0.1) is 0 Å². The summed E-state index contributed by atoms with van der Waals surface area (Å²) in [5, 5.41) is 13.5. The minimum Gasteiger partial charge on any atom is -0.481 e. The molecule has 0 spiro atoms. The van der Waals surface area contributed by atoms with E-state index in [9.17, 15) is 9.59 Å². The molecule has 0 aliphatic carbocycles. The van der Waals surface area contributed by atoms with Crippen molar-refractivity contribution in [1.82, 2.24) is 10.3 Å². The number of benzene rings is 2. The molecule has 2 N–H and O–H groups in total. The topological polar surface area (TPSA) is 79.3 Å². The van der Waals surface area contributed by atoms with E-state index in [0.29, 0.717) is 16.6 Å². The van der Waals surface area contributed by atoms with E-state index < -0.39 is 5.97 Å². The molecule has 3 rings (SSSR count). The summed E-state index contributed by atoms with van der Waals surface area (Å²) >= 11 is 2.68. The predicted molar refractivity (Wildman–Crippen MR) is 112 cm³/mol. The summed E-state index contributed by atoms with van der Waals surface area (Å²) in [6.45, 7) is 0.509. The van der Waals surface area contributed by atoms with E-state index in [4.69, 9.17) is 5.11 Å². The van der Waals surface area contributed by atoms with Crippen LogP contribution in [0.4, 0.5) is 0 Å². The lowest BCUT2D eigenvalue weighted by Crippen LogP contribution is -2.30. The summed E-state index contributed by atoms with van der Waals surface area (Å²) in [5.74, 6) is -0.654. The zero-order valence-corrected chi connectivity index (χ0v) is 16.7. The summed E-state index contributed by atoms with van der Waals surface area (Å²) in [6, 6.07) is 20.2. The fourth-order valence-electron chi connectivity index (χ4n) is 2.78. The number of nitrogens with one attached hydrogen (secondary N) is 1. The van der Waals surface area contributed by atoms with E-state index in [2.05, 4.69) is 34.6 Å². The molecule has 0 aliphatic rings. The Bertz CT molecular complexity index is 874. The van der Waals surface area contributed by atoms with Crippen LogP contribution in [0.1, 0.15) is 22.7 Å². The SMILES string of the molecule is O=C(O)Cc1csc(SCC(=O)NCC(c2ccccc2)c2ccccc2)n1. The first kappa shape index (κ1) is 20.1. The van der Waals surface area contributed by atoms with Gasteiger partial charge in [0, 0.05) is 17.8 Å². The molecule has 1 aromatic heterocycles. The molecule has 0 saturated heterocycles. The quantitative estimate of drug-likeness (QED) is 0.523. The van der Waals surface area contributed by atoms with Gasteiger partial charge in [-0.25, -0.2) is 4.98 Å². The van der Waals surface area contributed by atoms with Crippen LogP contribution >= 0.6 is 23.1 Å². The van der Waals surface area contributed by atoms with Crippen molar-refractivity contribution in [3.05, 3.63) is 82.9 Å². The number of carboxylic acids is 1. The molecule has 2 aromatic carbocycles. The van der Waals surface area contributed by atoms with Crippen molar-refractivity contribution in [3.63, 3.8) is 0 Å². The molecule has 0 unspecified atom stereocenters. The van der Waals surface area contributed by atoms with Gasteiger partial charge in [-0.15, -0.1) is 11.3 Å². The Morgan fingerprint density at radius 3 is 2.21 bits per heavy atom. The summed E-state index contributed by atoms with van der Waals surface area (Å²) in [5.41, 5.74) is 2.83. The van der Waals surface area contributed by atoms with Gasteiger partial charge in [-0.2, -0.15) is 0 Å². The highest BCUT2D eigenvalue weighted by molar-refractivity contribution is 8.01. The van der Waals surface area contributed by atoms with E-state index in [1.807, 2.05) is 36.4 Å². The number of hydrogen-bond acceptors (Lipinski definition) is 5. The van der Waals surface area contributed by atoms with Crippen LogP contribution in [0.3, 0.4) is 0 Å². The third kappa shape index (κ3) is 5.94. The number of hydrogen-bond donors (Lipinski definition) is 2. The monoisotopic (exact) mass is 412 g/mol. The Kier molecular flexibility index (Phi) is 7.22. The number of aliphatic carboxylic acids is 1. The van der Waals surface area contributed by atoms with E-state index in [-0.39, 0.29) is 24.0 Å². The molecule has 7 heteroatoms. The van der Waals surface area contributed by atoms with Crippen LogP contribution in [0.5, 0.6) is 0 Å². The molecule has 28 heavy (non-hydrogen) atoms. The second-order valence-corrected chi connectivity index (χ2v) is 8.22. The summed E-state index contributed by atoms with van der Waals surface area (Å²) in [6.07, 6.45) is -0.0981. The van der Waals surface area contributed by atoms with Crippen LogP contribution < -0.4 is 5.32 Å². The van der Waals surface area contributed by atoms with Gasteiger partial charge in [0.2, 0.25) is 5.91 Å². The second kappa shape index (κ2) is 10.1. The number of nitrogens with zero attached hydrogens (tertiary/aromatic N) is 1. The molecular weight excluding hydrogens is 392 g/mol. The summed E-state index contributed by atoms with van der Waals surface area (Å²) in [4.78, 5) is 27.3. The van der Waals surface area contributed by atoms with Crippen LogP contribution in [0.15, 0.2) is 70.4 Å². The normalized spacial score (nSPS) is 10.8. The number of aromatic nitrogens is 1. The Balaban J connectivity index is 1.56. The van der Waals surface area contributed by atoms with Gasteiger partial charge in [-0.1, -0.05) is 72.4 Å². The third-order valence-corrected chi connectivity index (χ3v) is 6.17. The van der Waals surface area contributed by atoms with E-state index in [1.165, 1.54) is 23.1 Å². The van der Waals surface area contributed by atoms with Crippen molar-refractivity contribution >= 4 is 35.0 Å². The highest BCUT2D eigenvalue weighted by Crippen LogP contribution is 2.25. The molecule has 0 atom stereocenters. The maximum Gasteiger partial charge on any atom is 0.309 e. The maximum atomic E-state index is 12.3. The standard InChI is InChI=1S/C21H20N2O3S2/c24-19(14-28-21-23-17(13-27-21)11-20(25)26)22-12-18(15-7-3-1-4-8-15)16-9-5-2-6-10-16/h1-10,13,18H,11-12,14H2,(H,22,24)(H,25,26). The first-order valence-corrected chi connectivity index (χ1v) is 10.6. The molecule has 144 valence electrons. The van der Waals surface area contributed by atoms with E-state index in [1.54, 1.807) is 5.38 Å². The lowest BCUT2D eigenvalue weighted by atomic mass is 9.91. The van der Waals surface area contributed by atoms with E-state index >= 15 is 0 Å². The van der Waals surface area contributed by atoms with Crippen LogP contribution in [0.2, 0.25) is 0 Å².